The largest absolute Gasteiger partial charge is 0.481 e. The maximum absolute atomic E-state index is 11.7. The van der Waals surface area contributed by atoms with E-state index in [0.717, 1.165) is 12.2 Å². The van der Waals surface area contributed by atoms with Crippen LogP contribution in [-0.4, -0.2) is 28.8 Å². The first-order valence-corrected chi connectivity index (χ1v) is 8.31. The second-order valence-electron chi connectivity index (χ2n) is 4.68. The molecule has 0 saturated heterocycles. The molecule has 2 atom stereocenters. The van der Waals surface area contributed by atoms with Crippen molar-refractivity contribution in [3.8, 4) is 0 Å². The zero-order valence-corrected chi connectivity index (χ0v) is 12.1. The molecule has 0 spiro atoms. The number of thiophene rings is 1. The molecule has 2 N–H and O–H groups in total. The van der Waals surface area contributed by atoms with Gasteiger partial charge in [0.25, 0.3) is 0 Å². The number of amides is 1. The van der Waals surface area contributed by atoms with Crippen molar-refractivity contribution >= 4 is 35.0 Å². The highest BCUT2D eigenvalue weighted by Gasteiger charge is 2.30. The molecule has 104 valence electrons. The third-order valence-electron chi connectivity index (χ3n) is 3.20. The van der Waals surface area contributed by atoms with Gasteiger partial charge in [0.15, 0.2) is 0 Å². The lowest BCUT2D eigenvalue weighted by Gasteiger charge is -2.12. The Morgan fingerprint density at radius 3 is 2.95 bits per heavy atom. The van der Waals surface area contributed by atoms with E-state index in [-0.39, 0.29) is 17.9 Å². The first-order valence-electron chi connectivity index (χ1n) is 6.27. The lowest BCUT2D eigenvalue weighted by atomic mass is 10.1. The third kappa shape index (κ3) is 4.54. The Bertz CT molecular complexity index is 433. The molecule has 0 aliphatic heterocycles. The van der Waals surface area contributed by atoms with Gasteiger partial charge in [0.1, 0.15) is 0 Å². The van der Waals surface area contributed by atoms with Gasteiger partial charge in [0.05, 0.1) is 11.7 Å². The highest BCUT2D eigenvalue weighted by Crippen LogP contribution is 2.25. The molecule has 1 aliphatic carbocycles. The summed E-state index contributed by atoms with van der Waals surface area (Å²) in [5.74, 6) is 0.269. The average Bonchev–Trinajstić information content (AvgIpc) is 3.00. The van der Waals surface area contributed by atoms with Crippen molar-refractivity contribution in [3.05, 3.63) is 22.4 Å². The second kappa shape index (κ2) is 6.96. The van der Waals surface area contributed by atoms with Crippen molar-refractivity contribution in [2.24, 2.45) is 5.92 Å². The predicted molar refractivity (Wildman–Crippen MR) is 77.4 cm³/mol. The first kappa shape index (κ1) is 14.4. The van der Waals surface area contributed by atoms with Crippen LogP contribution in [0.25, 0.3) is 0 Å². The smallest absolute Gasteiger partial charge is 0.306 e. The van der Waals surface area contributed by atoms with E-state index in [4.69, 9.17) is 5.11 Å². The molecular formula is C13H17NO3S2. The zero-order chi connectivity index (χ0) is 13.7. The molecule has 19 heavy (non-hydrogen) atoms. The van der Waals surface area contributed by atoms with E-state index >= 15 is 0 Å². The summed E-state index contributed by atoms with van der Waals surface area (Å²) in [5.41, 5.74) is 0. The molecule has 1 aromatic rings. The van der Waals surface area contributed by atoms with Crippen LogP contribution >= 0.6 is 23.1 Å². The summed E-state index contributed by atoms with van der Waals surface area (Å²) >= 11 is 3.28. The van der Waals surface area contributed by atoms with Crippen LogP contribution in [0.15, 0.2) is 17.5 Å². The third-order valence-corrected chi connectivity index (χ3v) is 5.25. The van der Waals surface area contributed by atoms with Gasteiger partial charge >= 0.3 is 5.97 Å². The molecule has 2 unspecified atom stereocenters. The predicted octanol–water partition coefficient (Wildman–Crippen LogP) is 2.35. The van der Waals surface area contributed by atoms with Gasteiger partial charge in [-0.25, -0.2) is 0 Å². The van der Waals surface area contributed by atoms with Crippen LogP contribution < -0.4 is 5.32 Å². The Balaban J connectivity index is 1.63. The van der Waals surface area contributed by atoms with Gasteiger partial charge in [-0.3, -0.25) is 9.59 Å². The molecule has 1 heterocycles. The fraction of sp³-hybridized carbons (Fsp3) is 0.538. The normalized spacial score (nSPS) is 22.3. The van der Waals surface area contributed by atoms with E-state index < -0.39 is 5.97 Å². The van der Waals surface area contributed by atoms with E-state index in [9.17, 15) is 9.59 Å². The quantitative estimate of drug-likeness (QED) is 0.846. The number of hydrogen-bond acceptors (Lipinski definition) is 4. The summed E-state index contributed by atoms with van der Waals surface area (Å²) in [6, 6.07) is 4.10. The van der Waals surface area contributed by atoms with Crippen LogP contribution in [0.2, 0.25) is 0 Å². The molecule has 0 aromatic carbocycles. The lowest BCUT2D eigenvalue weighted by Crippen LogP contribution is -2.34. The summed E-state index contributed by atoms with van der Waals surface area (Å²) < 4.78 is 0. The highest BCUT2D eigenvalue weighted by molar-refractivity contribution is 7.99. The molecule has 1 saturated carbocycles. The number of nitrogens with one attached hydrogen (secondary N) is 1. The van der Waals surface area contributed by atoms with Crippen LogP contribution in [0.5, 0.6) is 0 Å². The second-order valence-corrected chi connectivity index (χ2v) is 6.70. The summed E-state index contributed by atoms with van der Waals surface area (Å²) in [6.45, 7) is 0. The van der Waals surface area contributed by atoms with Crippen LogP contribution in [0.1, 0.15) is 24.1 Å². The summed E-state index contributed by atoms with van der Waals surface area (Å²) in [5, 5.41) is 13.8. The molecule has 1 aromatic heterocycles. The molecule has 1 amide bonds. The van der Waals surface area contributed by atoms with Crippen LogP contribution in [0.4, 0.5) is 0 Å². The highest BCUT2D eigenvalue weighted by atomic mass is 32.2. The van der Waals surface area contributed by atoms with Crippen molar-refractivity contribution in [1.82, 2.24) is 5.32 Å². The first-order chi connectivity index (χ1) is 9.15. The van der Waals surface area contributed by atoms with Gasteiger partial charge in [-0.2, -0.15) is 0 Å². The summed E-state index contributed by atoms with van der Waals surface area (Å²) in [7, 11) is 0. The Kier molecular flexibility index (Phi) is 5.27. The Morgan fingerprint density at radius 1 is 1.47 bits per heavy atom. The van der Waals surface area contributed by atoms with Gasteiger partial charge < -0.3 is 10.4 Å². The standard InChI is InChI=1S/C13H17NO3S2/c15-12(8-18-7-11-2-1-5-19-11)14-10-4-3-9(6-10)13(16)17/h1-2,5,9-10H,3-4,6-8H2,(H,14,15)(H,16,17). The number of carboxylic acid groups (broad SMARTS) is 1. The molecule has 0 bridgehead atoms. The molecule has 0 radical (unpaired) electrons. The number of hydrogen-bond donors (Lipinski definition) is 2. The van der Waals surface area contributed by atoms with E-state index in [1.54, 1.807) is 23.1 Å². The fourth-order valence-electron chi connectivity index (χ4n) is 2.25. The minimum Gasteiger partial charge on any atom is -0.481 e. The summed E-state index contributed by atoms with van der Waals surface area (Å²) in [4.78, 5) is 23.8. The Labute approximate surface area is 120 Å². The van der Waals surface area contributed by atoms with Gasteiger partial charge in [0, 0.05) is 16.7 Å². The van der Waals surface area contributed by atoms with Crippen molar-refractivity contribution < 1.29 is 14.7 Å². The van der Waals surface area contributed by atoms with Crippen molar-refractivity contribution in [3.63, 3.8) is 0 Å². The monoisotopic (exact) mass is 299 g/mol. The zero-order valence-electron chi connectivity index (χ0n) is 10.5. The molecule has 1 aliphatic rings. The van der Waals surface area contributed by atoms with E-state index in [1.165, 1.54) is 4.88 Å². The van der Waals surface area contributed by atoms with Crippen LogP contribution in [0.3, 0.4) is 0 Å². The number of rotatable bonds is 6. The van der Waals surface area contributed by atoms with Crippen LogP contribution in [-0.2, 0) is 15.3 Å². The van der Waals surface area contributed by atoms with Crippen molar-refractivity contribution in [2.75, 3.05) is 5.75 Å². The minimum absolute atomic E-state index is 0.0117. The summed E-state index contributed by atoms with van der Waals surface area (Å²) in [6.07, 6.45) is 2.01. The number of thioether (sulfide) groups is 1. The van der Waals surface area contributed by atoms with Gasteiger partial charge in [-0.05, 0) is 30.7 Å². The maximum Gasteiger partial charge on any atom is 0.306 e. The van der Waals surface area contributed by atoms with Gasteiger partial charge in [-0.15, -0.1) is 23.1 Å². The molecule has 4 nitrogen and oxygen atoms in total. The molecular weight excluding hydrogens is 282 g/mol. The number of aliphatic carboxylic acids is 1. The molecule has 1 fully saturated rings. The van der Waals surface area contributed by atoms with E-state index in [1.807, 2.05) is 11.4 Å². The Hall–Kier alpha value is -1.01. The minimum atomic E-state index is -0.746. The van der Waals surface area contributed by atoms with Crippen molar-refractivity contribution in [1.29, 1.82) is 0 Å². The maximum atomic E-state index is 11.7. The number of carbonyl (C=O) groups excluding carboxylic acids is 1. The van der Waals surface area contributed by atoms with E-state index in [0.29, 0.717) is 18.6 Å². The lowest BCUT2D eigenvalue weighted by molar-refractivity contribution is -0.141. The SMILES string of the molecule is O=C(CSCc1cccs1)NC1CCC(C(=O)O)C1. The van der Waals surface area contributed by atoms with Crippen LogP contribution in [0, 0.1) is 5.92 Å². The van der Waals surface area contributed by atoms with Gasteiger partial charge in [-0.1, -0.05) is 6.07 Å². The average molecular weight is 299 g/mol. The molecule has 6 heteroatoms. The fourth-order valence-corrected chi connectivity index (χ4v) is 3.92. The number of carbonyl (C=O) groups is 2. The van der Waals surface area contributed by atoms with Gasteiger partial charge in [0.2, 0.25) is 5.91 Å². The number of carboxylic acids is 1. The Morgan fingerprint density at radius 2 is 2.32 bits per heavy atom. The van der Waals surface area contributed by atoms with Crippen molar-refractivity contribution in [2.45, 2.75) is 31.1 Å². The van der Waals surface area contributed by atoms with E-state index in [2.05, 4.69) is 11.4 Å². The molecule has 2 rings (SSSR count). The topological polar surface area (TPSA) is 66.4 Å².